The molecule has 2 aromatic heterocycles. The molecule has 3 heterocycles. The van der Waals surface area contributed by atoms with E-state index in [9.17, 15) is 4.79 Å². The standard InChI is InChI=1S/C22H27N5O3/c1-14(28)27-8-6-15(7-9-27)18-12-23-21-20(18)25-13-26-22(21)24-11-16-4-5-17(29-2)10-19(16)30-3/h4-5,10,12-13,15,23H,6-9,11H2,1-3H3,(H,24,25,26). The molecule has 3 aromatic rings. The first-order chi connectivity index (χ1) is 14.6. The van der Waals surface area contributed by atoms with Crippen molar-refractivity contribution in [2.45, 2.75) is 32.2 Å². The van der Waals surface area contributed by atoms with E-state index < -0.39 is 0 Å². The molecule has 2 N–H and O–H groups in total. The number of benzene rings is 1. The largest absolute Gasteiger partial charge is 0.497 e. The Balaban J connectivity index is 1.52. The van der Waals surface area contributed by atoms with E-state index in [0.29, 0.717) is 12.5 Å². The van der Waals surface area contributed by atoms with E-state index in [-0.39, 0.29) is 5.91 Å². The van der Waals surface area contributed by atoms with Gasteiger partial charge in [0.15, 0.2) is 5.82 Å². The summed E-state index contributed by atoms with van der Waals surface area (Å²) in [6, 6.07) is 5.76. The number of rotatable bonds is 6. The maximum Gasteiger partial charge on any atom is 0.219 e. The van der Waals surface area contributed by atoms with Crippen LogP contribution >= 0.6 is 0 Å². The van der Waals surface area contributed by atoms with Crippen LogP contribution in [-0.2, 0) is 11.3 Å². The molecular formula is C22H27N5O3. The van der Waals surface area contributed by atoms with E-state index in [0.717, 1.165) is 59.8 Å². The molecule has 4 rings (SSSR count). The fraction of sp³-hybridized carbons (Fsp3) is 0.409. The quantitative estimate of drug-likeness (QED) is 0.649. The number of aromatic nitrogens is 3. The average molecular weight is 409 g/mol. The van der Waals surface area contributed by atoms with Crippen LogP contribution in [0.25, 0.3) is 11.0 Å². The van der Waals surface area contributed by atoms with Crippen LogP contribution in [0.1, 0.15) is 36.8 Å². The van der Waals surface area contributed by atoms with E-state index >= 15 is 0 Å². The molecule has 1 aliphatic heterocycles. The number of aromatic amines is 1. The van der Waals surface area contributed by atoms with Gasteiger partial charge in [-0.2, -0.15) is 0 Å². The van der Waals surface area contributed by atoms with Crippen LogP contribution in [0.3, 0.4) is 0 Å². The lowest BCUT2D eigenvalue weighted by atomic mass is 9.90. The number of amides is 1. The Hall–Kier alpha value is -3.29. The van der Waals surface area contributed by atoms with Crippen molar-refractivity contribution in [2.24, 2.45) is 0 Å². The van der Waals surface area contributed by atoms with Crippen LogP contribution < -0.4 is 14.8 Å². The van der Waals surface area contributed by atoms with Crippen LogP contribution in [0.4, 0.5) is 5.82 Å². The highest BCUT2D eigenvalue weighted by atomic mass is 16.5. The number of carbonyl (C=O) groups excluding carboxylic acids is 1. The second-order valence-corrected chi connectivity index (χ2v) is 7.50. The summed E-state index contributed by atoms with van der Waals surface area (Å²) in [5.41, 5.74) is 4.04. The number of carbonyl (C=O) groups is 1. The Morgan fingerprint density at radius 2 is 2.03 bits per heavy atom. The molecule has 0 radical (unpaired) electrons. The summed E-state index contributed by atoms with van der Waals surface area (Å²) in [4.78, 5) is 25.8. The highest BCUT2D eigenvalue weighted by Gasteiger charge is 2.25. The molecule has 1 amide bonds. The second-order valence-electron chi connectivity index (χ2n) is 7.50. The highest BCUT2D eigenvalue weighted by molar-refractivity contribution is 5.88. The molecule has 1 aromatic carbocycles. The van der Waals surface area contributed by atoms with Gasteiger partial charge in [-0.25, -0.2) is 9.97 Å². The number of nitrogens with zero attached hydrogens (tertiary/aromatic N) is 3. The zero-order chi connectivity index (χ0) is 21.1. The fourth-order valence-electron chi connectivity index (χ4n) is 4.09. The van der Waals surface area contributed by atoms with Gasteiger partial charge in [0.2, 0.25) is 5.91 Å². The second kappa shape index (κ2) is 8.61. The first-order valence-electron chi connectivity index (χ1n) is 10.1. The van der Waals surface area contributed by atoms with Crippen molar-refractivity contribution in [2.75, 3.05) is 32.6 Å². The van der Waals surface area contributed by atoms with Crippen molar-refractivity contribution in [1.82, 2.24) is 19.9 Å². The van der Waals surface area contributed by atoms with Gasteiger partial charge in [-0.15, -0.1) is 0 Å². The predicted octanol–water partition coefficient (Wildman–Crippen LogP) is 3.31. The summed E-state index contributed by atoms with van der Waals surface area (Å²) < 4.78 is 10.7. The van der Waals surface area contributed by atoms with Gasteiger partial charge in [-0.1, -0.05) is 0 Å². The van der Waals surface area contributed by atoms with Gasteiger partial charge in [-0.05, 0) is 36.5 Å². The lowest BCUT2D eigenvalue weighted by Crippen LogP contribution is -2.36. The number of hydrogen-bond acceptors (Lipinski definition) is 6. The Bertz CT molecular complexity index is 1040. The molecule has 0 aliphatic carbocycles. The van der Waals surface area contributed by atoms with E-state index in [1.165, 1.54) is 5.56 Å². The van der Waals surface area contributed by atoms with Gasteiger partial charge in [0.25, 0.3) is 0 Å². The molecule has 158 valence electrons. The molecule has 0 saturated carbocycles. The number of methoxy groups -OCH3 is 2. The van der Waals surface area contributed by atoms with Gasteiger partial charge in [0.1, 0.15) is 23.3 Å². The fourth-order valence-corrected chi connectivity index (χ4v) is 4.09. The minimum Gasteiger partial charge on any atom is -0.497 e. The van der Waals surface area contributed by atoms with Crippen molar-refractivity contribution >= 4 is 22.8 Å². The lowest BCUT2D eigenvalue weighted by molar-refractivity contribution is -0.129. The molecule has 1 saturated heterocycles. The Morgan fingerprint density at radius 3 is 2.73 bits per heavy atom. The summed E-state index contributed by atoms with van der Waals surface area (Å²) in [7, 11) is 3.28. The van der Waals surface area contributed by atoms with Gasteiger partial charge in [0, 0.05) is 44.4 Å². The average Bonchev–Trinajstić information content (AvgIpc) is 3.22. The molecule has 0 bridgehead atoms. The van der Waals surface area contributed by atoms with E-state index in [1.54, 1.807) is 27.5 Å². The minimum atomic E-state index is 0.148. The number of H-pyrrole nitrogens is 1. The normalized spacial score (nSPS) is 14.7. The zero-order valence-electron chi connectivity index (χ0n) is 17.6. The third-order valence-corrected chi connectivity index (χ3v) is 5.81. The molecule has 8 heteroatoms. The maximum absolute atomic E-state index is 11.6. The lowest BCUT2D eigenvalue weighted by Gasteiger charge is -2.31. The first-order valence-corrected chi connectivity index (χ1v) is 10.1. The molecule has 0 unspecified atom stereocenters. The number of hydrogen-bond donors (Lipinski definition) is 2. The van der Waals surface area contributed by atoms with Gasteiger partial charge in [-0.3, -0.25) is 4.79 Å². The van der Waals surface area contributed by atoms with E-state index in [2.05, 4.69) is 20.3 Å². The molecule has 0 spiro atoms. The first kappa shape index (κ1) is 20.0. The monoisotopic (exact) mass is 409 g/mol. The Labute approximate surface area is 175 Å². The third-order valence-electron chi connectivity index (χ3n) is 5.81. The van der Waals surface area contributed by atoms with Gasteiger partial charge in [0.05, 0.1) is 19.7 Å². The Kier molecular flexibility index (Phi) is 5.74. The van der Waals surface area contributed by atoms with Gasteiger partial charge >= 0.3 is 0 Å². The third kappa shape index (κ3) is 3.90. The minimum absolute atomic E-state index is 0.148. The maximum atomic E-state index is 11.6. The van der Waals surface area contributed by atoms with Crippen molar-refractivity contribution in [3.05, 3.63) is 41.9 Å². The molecule has 8 nitrogen and oxygen atoms in total. The number of ether oxygens (including phenoxy) is 2. The smallest absolute Gasteiger partial charge is 0.219 e. The summed E-state index contributed by atoms with van der Waals surface area (Å²) in [6.45, 7) is 3.78. The zero-order valence-corrected chi connectivity index (χ0v) is 17.6. The molecular weight excluding hydrogens is 382 g/mol. The number of piperidine rings is 1. The number of anilines is 1. The van der Waals surface area contributed by atoms with E-state index in [1.807, 2.05) is 29.3 Å². The van der Waals surface area contributed by atoms with Crippen molar-refractivity contribution in [3.8, 4) is 11.5 Å². The van der Waals surface area contributed by atoms with Crippen LogP contribution in [0, 0.1) is 0 Å². The van der Waals surface area contributed by atoms with Crippen molar-refractivity contribution in [3.63, 3.8) is 0 Å². The Morgan fingerprint density at radius 1 is 1.23 bits per heavy atom. The summed E-state index contributed by atoms with van der Waals surface area (Å²) in [5, 5.41) is 3.40. The molecule has 0 atom stereocenters. The number of nitrogens with one attached hydrogen (secondary N) is 2. The summed E-state index contributed by atoms with van der Waals surface area (Å²) >= 11 is 0. The topological polar surface area (TPSA) is 92.4 Å². The molecule has 30 heavy (non-hydrogen) atoms. The summed E-state index contributed by atoms with van der Waals surface area (Å²) in [5.74, 6) is 2.81. The number of fused-ring (bicyclic) bond motifs is 1. The van der Waals surface area contributed by atoms with Gasteiger partial charge < -0.3 is 24.7 Å². The predicted molar refractivity (Wildman–Crippen MR) is 115 cm³/mol. The van der Waals surface area contributed by atoms with E-state index in [4.69, 9.17) is 9.47 Å². The van der Waals surface area contributed by atoms with Crippen molar-refractivity contribution < 1.29 is 14.3 Å². The highest BCUT2D eigenvalue weighted by Crippen LogP contribution is 2.34. The number of likely N-dealkylation sites (tertiary alicyclic amines) is 1. The van der Waals surface area contributed by atoms with Crippen LogP contribution in [0.15, 0.2) is 30.7 Å². The van der Waals surface area contributed by atoms with Crippen LogP contribution in [0.5, 0.6) is 11.5 Å². The SMILES string of the molecule is COc1ccc(CNc2ncnc3c(C4CCN(C(C)=O)CC4)c[nH]c23)c(OC)c1. The molecule has 1 aliphatic rings. The van der Waals surface area contributed by atoms with Crippen LogP contribution in [0.2, 0.25) is 0 Å². The summed E-state index contributed by atoms with van der Waals surface area (Å²) in [6.07, 6.45) is 5.52. The van der Waals surface area contributed by atoms with Crippen molar-refractivity contribution in [1.29, 1.82) is 0 Å². The molecule has 1 fully saturated rings. The van der Waals surface area contributed by atoms with Crippen LogP contribution in [-0.4, -0.2) is 53.1 Å².